The molecule has 0 heteroatoms. The summed E-state index contributed by atoms with van der Waals surface area (Å²) in [6.45, 7) is 18.7. The van der Waals surface area contributed by atoms with Crippen LogP contribution < -0.4 is 0 Å². The summed E-state index contributed by atoms with van der Waals surface area (Å²) in [6.07, 6.45) is 1.09. The lowest BCUT2D eigenvalue weighted by Gasteiger charge is -2.25. The quantitative estimate of drug-likeness (QED) is 0.261. The zero-order valence-corrected chi connectivity index (χ0v) is 23.4. The van der Waals surface area contributed by atoms with Crippen molar-refractivity contribution in [3.8, 4) is 11.1 Å². The molecule has 36 heavy (non-hydrogen) atoms. The molecule has 4 aromatic carbocycles. The highest BCUT2D eigenvalue weighted by molar-refractivity contribution is 5.96. The highest BCUT2D eigenvalue weighted by atomic mass is 14.3. The molecule has 0 nitrogen and oxygen atoms in total. The van der Waals surface area contributed by atoms with Crippen LogP contribution in [0.15, 0.2) is 66.7 Å². The average molecular weight is 475 g/mol. The Balaban J connectivity index is 1.74. The molecule has 0 spiro atoms. The van der Waals surface area contributed by atoms with Crippen molar-refractivity contribution in [1.82, 2.24) is 0 Å². The predicted molar refractivity (Wildman–Crippen MR) is 158 cm³/mol. The molecular weight excluding hydrogens is 432 g/mol. The molecule has 1 unspecified atom stereocenters. The Kier molecular flexibility index (Phi) is 6.58. The van der Waals surface area contributed by atoms with E-state index in [-0.39, 0.29) is 0 Å². The molecule has 0 aliphatic heterocycles. The summed E-state index contributed by atoms with van der Waals surface area (Å²) in [5.41, 5.74) is 13.4. The van der Waals surface area contributed by atoms with Crippen molar-refractivity contribution in [2.24, 2.45) is 0 Å². The Labute approximate surface area is 218 Å². The SMILES string of the molecule is CC(C)c1cccc(C(C)C)c1-c1cc2c3c(cccc3c1)C(c1c(C(C)C)cccc1C(C)C)C2. The molecule has 0 saturated carbocycles. The second-order valence-corrected chi connectivity index (χ2v) is 12.1. The maximum atomic E-state index is 2.53. The second kappa shape index (κ2) is 9.55. The highest BCUT2D eigenvalue weighted by Crippen LogP contribution is 2.48. The Morgan fingerprint density at radius 2 is 1.08 bits per heavy atom. The summed E-state index contributed by atoms with van der Waals surface area (Å²) in [4.78, 5) is 0. The van der Waals surface area contributed by atoms with Gasteiger partial charge in [0.1, 0.15) is 0 Å². The minimum atomic E-state index is 0.430. The molecule has 0 N–H and O–H groups in total. The maximum Gasteiger partial charge on any atom is 0.0142 e. The van der Waals surface area contributed by atoms with Crippen LogP contribution in [0.4, 0.5) is 0 Å². The molecule has 0 saturated heterocycles. The summed E-state index contributed by atoms with van der Waals surface area (Å²) in [5.74, 6) is 2.45. The molecule has 1 atom stereocenters. The number of benzene rings is 4. The third-order valence-electron chi connectivity index (χ3n) is 8.32. The van der Waals surface area contributed by atoms with Gasteiger partial charge in [0.2, 0.25) is 0 Å². The van der Waals surface area contributed by atoms with Crippen LogP contribution in [0.2, 0.25) is 0 Å². The maximum absolute atomic E-state index is 2.53. The molecular formula is C36H42. The molecule has 4 aromatic rings. The molecule has 1 aliphatic carbocycles. The largest absolute Gasteiger partial charge is 0.0617 e. The minimum absolute atomic E-state index is 0.430. The van der Waals surface area contributed by atoms with Crippen molar-refractivity contribution in [2.75, 3.05) is 0 Å². The first-order chi connectivity index (χ1) is 17.2. The van der Waals surface area contributed by atoms with Gasteiger partial charge in [-0.3, -0.25) is 0 Å². The predicted octanol–water partition coefficient (Wildman–Crippen LogP) is 10.7. The first-order valence-corrected chi connectivity index (χ1v) is 14.0. The van der Waals surface area contributed by atoms with Gasteiger partial charge in [-0.1, -0.05) is 116 Å². The van der Waals surface area contributed by atoms with E-state index in [1.54, 1.807) is 5.56 Å². The van der Waals surface area contributed by atoms with E-state index in [1.165, 1.54) is 55.3 Å². The van der Waals surface area contributed by atoms with Crippen molar-refractivity contribution in [3.05, 3.63) is 106 Å². The fraction of sp³-hybridized carbons (Fsp3) is 0.389. The Bertz CT molecular complexity index is 1360. The van der Waals surface area contributed by atoms with Gasteiger partial charge in [-0.15, -0.1) is 0 Å². The Morgan fingerprint density at radius 3 is 1.61 bits per heavy atom. The van der Waals surface area contributed by atoms with E-state index in [0.29, 0.717) is 29.6 Å². The van der Waals surface area contributed by atoms with Crippen LogP contribution in [0.1, 0.15) is 124 Å². The van der Waals surface area contributed by atoms with E-state index in [9.17, 15) is 0 Å². The lowest BCUT2D eigenvalue weighted by Crippen LogP contribution is -2.10. The fourth-order valence-electron chi connectivity index (χ4n) is 6.63. The topological polar surface area (TPSA) is 0 Å². The van der Waals surface area contributed by atoms with Crippen molar-refractivity contribution >= 4 is 10.8 Å². The van der Waals surface area contributed by atoms with E-state index in [1.807, 2.05) is 0 Å². The van der Waals surface area contributed by atoms with Gasteiger partial charge in [0.15, 0.2) is 0 Å². The lowest BCUT2D eigenvalue weighted by molar-refractivity contribution is 0.745. The molecule has 0 amide bonds. The standard InChI is InChI=1S/C36H42/c1-21(2)28-13-10-14-29(22(3)4)35(28)26-18-25-12-9-17-32-33(20-27(19-26)34(25)32)36-30(23(5)6)15-11-16-31(36)24(7)8/h9-19,21-24,33H,20H2,1-8H3. The lowest BCUT2D eigenvalue weighted by atomic mass is 9.79. The molecule has 0 heterocycles. The zero-order chi connectivity index (χ0) is 25.7. The van der Waals surface area contributed by atoms with Crippen LogP contribution in [0.3, 0.4) is 0 Å². The minimum Gasteiger partial charge on any atom is -0.0617 e. The van der Waals surface area contributed by atoms with Crippen LogP contribution >= 0.6 is 0 Å². The Hall–Kier alpha value is -2.86. The van der Waals surface area contributed by atoms with Gasteiger partial charge in [0.25, 0.3) is 0 Å². The van der Waals surface area contributed by atoms with Gasteiger partial charge in [0, 0.05) is 5.92 Å². The molecule has 1 aliphatic rings. The highest BCUT2D eigenvalue weighted by Gasteiger charge is 2.31. The van der Waals surface area contributed by atoms with Crippen LogP contribution in [0.25, 0.3) is 21.9 Å². The summed E-state index contributed by atoms with van der Waals surface area (Å²) >= 11 is 0. The normalized spacial score (nSPS) is 15.3. The van der Waals surface area contributed by atoms with Gasteiger partial charge in [-0.2, -0.15) is 0 Å². The van der Waals surface area contributed by atoms with E-state index in [2.05, 4.69) is 122 Å². The molecule has 5 rings (SSSR count). The monoisotopic (exact) mass is 474 g/mol. The Morgan fingerprint density at radius 1 is 0.583 bits per heavy atom. The van der Waals surface area contributed by atoms with Crippen LogP contribution in [0.5, 0.6) is 0 Å². The summed E-state index contributed by atoms with van der Waals surface area (Å²) in [7, 11) is 0. The van der Waals surface area contributed by atoms with Crippen molar-refractivity contribution < 1.29 is 0 Å². The first-order valence-electron chi connectivity index (χ1n) is 14.0. The van der Waals surface area contributed by atoms with Gasteiger partial charge < -0.3 is 0 Å². The fourth-order valence-corrected chi connectivity index (χ4v) is 6.63. The van der Waals surface area contributed by atoms with Crippen molar-refractivity contribution in [3.63, 3.8) is 0 Å². The van der Waals surface area contributed by atoms with Gasteiger partial charge in [-0.25, -0.2) is 0 Å². The zero-order valence-electron chi connectivity index (χ0n) is 23.4. The molecule has 0 radical (unpaired) electrons. The van der Waals surface area contributed by atoms with Gasteiger partial charge in [0.05, 0.1) is 0 Å². The third-order valence-corrected chi connectivity index (χ3v) is 8.32. The second-order valence-electron chi connectivity index (χ2n) is 12.1. The van der Waals surface area contributed by atoms with Gasteiger partial charge in [-0.05, 0) is 97.0 Å². The van der Waals surface area contributed by atoms with Crippen LogP contribution in [-0.2, 0) is 6.42 Å². The van der Waals surface area contributed by atoms with Crippen molar-refractivity contribution in [2.45, 2.75) is 91.4 Å². The van der Waals surface area contributed by atoms with E-state index in [4.69, 9.17) is 0 Å². The van der Waals surface area contributed by atoms with E-state index < -0.39 is 0 Å². The number of rotatable bonds is 6. The molecule has 186 valence electrons. The first kappa shape index (κ1) is 24.8. The molecule has 0 fully saturated rings. The van der Waals surface area contributed by atoms with Gasteiger partial charge >= 0.3 is 0 Å². The van der Waals surface area contributed by atoms with Crippen LogP contribution in [-0.4, -0.2) is 0 Å². The summed E-state index contributed by atoms with van der Waals surface area (Å²) < 4.78 is 0. The molecule has 0 aromatic heterocycles. The van der Waals surface area contributed by atoms with Crippen molar-refractivity contribution in [1.29, 1.82) is 0 Å². The van der Waals surface area contributed by atoms with E-state index in [0.717, 1.165) is 6.42 Å². The smallest absolute Gasteiger partial charge is 0.0142 e. The van der Waals surface area contributed by atoms with Crippen LogP contribution in [0, 0.1) is 0 Å². The summed E-state index contributed by atoms with van der Waals surface area (Å²) in [5, 5.41) is 2.89. The third kappa shape index (κ3) is 4.09. The number of hydrogen-bond donors (Lipinski definition) is 0. The molecule has 0 bridgehead atoms. The summed E-state index contributed by atoms with van der Waals surface area (Å²) in [6, 6.07) is 25.9. The number of hydrogen-bond acceptors (Lipinski definition) is 0. The average Bonchev–Trinajstić information content (AvgIpc) is 3.22. The van der Waals surface area contributed by atoms with E-state index >= 15 is 0 Å².